The SMILES string of the molecule is CC(C)(C)c1ccc(C(=O)NCCC(=O)N(Cc2cccs2)C2CC2)cc1. The lowest BCUT2D eigenvalue weighted by molar-refractivity contribution is -0.132. The van der Waals surface area contributed by atoms with Gasteiger partial charge in [0.05, 0.1) is 6.54 Å². The van der Waals surface area contributed by atoms with Crippen LogP contribution in [-0.2, 0) is 16.8 Å². The highest BCUT2D eigenvalue weighted by Crippen LogP contribution is 2.29. The van der Waals surface area contributed by atoms with Gasteiger partial charge < -0.3 is 10.2 Å². The first kappa shape index (κ1) is 19.6. The molecule has 0 atom stereocenters. The van der Waals surface area contributed by atoms with Crippen molar-refractivity contribution in [3.63, 3.8) is 0 Å². The summed E-state index contributed by atoms with van der Waals surface area (Å²) in [5.74, 6) is -0.00577. The molecule has 144 valence electrons. The molecule has 1 saturated carbocycles. The van der Waals surface area contributed by atoms with Crippen LogP contribution in [-0.4, -0.2) is 29.3 Å². The Labute approximate surface area is 165 Å². The van der Waals surface area contributed by atoms with Gasteiger partial charge in [0.1, 0.15) is 0 Å². The molecule has 0 spiro atoms. The minimum absolute atomic E-state index is 0.0657. The molecule has 1 aromatic carbocycles. The van der Waals surface area contributed by atoms with Crippen molar-refractivity contribution in [2.24, 2.45) is 0 Å². The molecule has 0 unspecified atom stereocenters. The van der Waals surface area contributed by atoms with Crippen LogP contribution in [0.4, 0.5) is 0 Å². The number of hydrogen-bond donors (Lipinski definition) is 1. The van der Waals surface area contributed by atoms with Crippen molar-refractivity contribution in [1.82, 2.24) is 10.2 Å². The van der Waals surface area contributed by atoms with Gasteiger partial charge in [-0.05, 0) is 47.4 Å². The number of nitrogens with zero attached hydrogens (tertiary/aromatic N) is 1. The van der Waals surface area contributed by atoms with Gasteiger partial charge in [-0.2, -0.15) is 0 Å². The van der Waals surface area contributed by atoms with E-state index in [2.05, 4.69) is 32.2 Å². The van der Waals surface area contributed by atoms with Crippen molar-refractivity contribution < 1.29 is 9.59 Å². The number of carbonyl (C=O) groups excluding carboxylic acids is 2. The highest BCUT2D eigenvalue weighted by Gasteiger charge is 2.32. The number of carbonyl (C=O) groups is 2. The van der Waals surface area contributed by atoms with Crippen LogP contribution < -0.4 is 5.32 Å². The van der Waals surface area contributed by atoms with E-state index in [-0.39, 0.29) is 17.2 Å². The second kappa shape index (κ2) is 8.26. The van der Waals surface area contributed by atoms with E-state index in [0.29, 0.717) is 31.1 Å². The summed E-state index contributed by atoms with van der Waals surface area (Å²) in [5, 5.41) is 4.92. The van der Waals surface area contributed by atoms with Crippen molar-refractivity contribution in [2.75, 3.05) is 6.54 Å². The van der Waals surface area contributed by atoms with Gasteiger partial charge in [-0.1, -0.05) is 39.0 Å². The van der Waals surface area contributed by atoms with Gasteiger partial charge in [-0.3, -0.25) is 9.59 Å². The molecule has 2 amide bonds. The number of benzene rings is 1. The molecular formula is C22H28N2O2S. The minimum atomic E-state index is -0.125. The third-order valence-electron chi connectivity index (χ3n) is 4.85. The summed E-state index contributed by atoms with van der Waals surface area (Å²) >= 11 is 1.68. The minimum Gasteiger partial charge on any atom is -0.352 e. The highest BCUT2D eigenvalue weighted by molar-refractivity contribution is 7.09. The van der Waals surface area contributed by atoms with E-state index in [0.717, 1.165) is 12.8 Å². The molecule has 3 rings (SSSR count). The quantitative estimate of drug-likeness (QED) is 0.771. The molecule has 1 fully saturated rings. The van der Waals surface area contributed by atoms with Crippen molar-refractivity contribution >= 4 is 23.2 Å². The van der Waals surface area contributed by atoms with Gasteiger partial charge in [0.25, 0.3) is 5.91 Å². The van der Waals surface area contributed by atoms with Crippen LogP contribution in [0.5, 0.6) is 0 Å². The van der Waals surface area contributed by atoms with E-state index in [1.54, 1.807) is 11.3 Å². The van der Waals surface area contributed by atoms with Gasteiger partial charge in [0, 0.05) is 29.4 Å². The fourth-order valence-electron chi connectivity index (χ4n) is 3.03. The molecule has 0 radical (unpaired) electrons. The fourth-order valence-corrected chi connectivity index (χ4v) is 3.73. The molecule has 2 aromatic rings. The van der Waals surface area contributed by atoms with Crippen LogP contribution in [0.1, 0.15) is 60.8 Å². The number of hydrogen-bond acceptors (Lipinski definition) is 3. The lowest BCUT2D eigenvalue weighted by atomic mass is 9.87. The second-order valence-corrected chi connectivity index (χ2v) is 9.20. The maximum Gasteiger partial charge on any atom is 0.251 e. The van der Waals surface area contributed by atoms with Gasteiger partial charge >= 0.3 is 0 Å². The predicted molar refractivity (Wildman–Crippen MR) is 110 cm³/mol. The van der Waals surface area contributed by atoms with E-state index in [1.807, 2.05) is 40.6 Å². The molecule has 0 bridgehead atoms. The Bertz CT molecular complexity index is 772. The van der Waals surface area contributed by atoms with Crippen molar-refractivity contribution in [3.8, 4) is 0 Å². The average molecular weight is 385 g/mol. The molecule has 0 saturated heterocycles. The Morgan fingerprint density at radius 2 is 1.85 bits per heavy atom. The molecule has 1 aliphatic carbocycles. The third kappa shape index (κ3) is 5.42. The maximum absolute atomic E-state index is 12.6. The predicted octanol–water partition coefficient (Wildman–Crippen LogP) is 4.36. The summed E-state index contributed by atoms with van der Waals surface area (Å²) in [4.78, 5) is 28.1. The van der Waals surface area contributed by atoms with Gasteiger partial charge in [0.2, 0.25) is 5.91 Å². The zero-order valence-electron chi connectivity index (χ0n) is 16.3. The first-order valence-corrected chi connectivity index (χ1v) is 10.4. The number of thiophene rings is 1. The fraction of sp³-hybridized carbons (Fsp3) is 0.455. The third-order valence-corrected chi connectivity index (χ3v) is 5.71. The highest BCUT2D eigenvalue weighted by atomic mass is 32.1. The Kier molecular flexibility index (Phi) is 6.00. The van der Waals surface area contributed by atoms with E-state index in [1.165, 1.54) is 10.4 Å². The molecule has 1 heterocycles. The second-order valence-electron chi connectivity index (χ2n) is 8.17. The van der Waals surface area contributed by atoms with Crippen molar-refractivity contribution in [3.05, 3.63) is 57.8 Å². The van der Waals surface area contributed by atoms with Crippen molar-refractivity contribution in [2.45, 2.75) is 58.0 Å². The van der Waals surface area contributed by atoms with Gasteiger partial charge in [-0.25, -0.2) is 0 Å². The summed E-state index contributed by atoms with van der Waals surface area (Å²) in [5.41, 5.74) is 1.90. The maximum atomic E-state index is 12.6. The summed E-state index contributed by atoms with van der Waals surface area (Å²) in [7, 11) is 0. The van der Waals surface area contributed by atoms with Gasteiger partial charge in [-0.15, -0.1) is 11.3 Å². The van der Waals surface area contributed by atoms with Crippen LogP contribution in [0.2, 0.25) is 0 Å². The van der Waals surface area contributed by atoms with E-state index in [9.17, 15) is 9.59 Å². The largest absolute Gasteiger partial charge is 0.352 e. The van der Waals surface area contributed by atoms with Crippen LogP contribution >= 0.6 is 11.3 Å². The Balaban J connectivity index is 1.49. The number of rotatable bonds is 7. The van der Waals surface area contributed by atoms with Crippen LogP contribution in [0.25, 0.3) is 0 Å². The monoisotopic (exact) mass is 384 g/mol. The normalized spacial score (nSPS) is 14.0. The first-order chi connectivity index (χ1) is 12.8. The standard InChI is InChI=1S/C22H28N2O2S/c1-22(2,3)17-8-6-16(7-9-17)21(26)23-13-12-20(25)24(18-10-11-18)15-19-5-4-14-27-19/h4-9,14,18H,10-13,15H2,1-3H3,(H,23,26). The number of amides is 2. The number of nitrogens with one attached hydrogen (secondary N) is 1. The summed E-state index contributed by atoms with van der Waals surface area (Å²) in [6.45, 7) is 7.50. The zero-order chi connectivity index (χ0) is 19.4. The van der Waals surface area contributed by atoms with E-state index >= 15 is 0 Å². The average Bonchev–Trinajstić information content (AvgIpc) is 3.34. The summed E-state index contributed by atoms with van der Waals surface area (Å²) in [6.07, 6.45) is 2.51. The topological polar surface area (TPSA) is 49.4 Å². The molecular weight excluding hydrogens is 356 g/mol. The van der Waals surface area contributed by atoms with E-state index < -0.39 is 0 Å². The van der Waals surface area contributed by atoms with Gasteiger partial charge in [0.15, 0.2) is 0 Å². The molecule has 27 heavy (non-hydrogen) atoms. The van der Waals surface area contributed by atoms with Crippen LogP contribution in [0.15, 0.2) is 41.8 Å². The zero-order valence-corrected chi connectivity index (χ0v) is 17.1. The van der Waals surface area contributed by atoms with Crippen molar-refractivity contribution in [1.29, 1.82) is 0 Å². The Morgan fingerprint density at radius 1 is 1.15 bits per heavy atom. The molecule has 1 aliphatic rings. The smallest absolute Gasteiger partial charge is 0.251 e. The molecule has 0 aliphatic heterocycles. The first-order valence-electron chi connectivity index (χ1n) is 9.55. The molecule has 1 N–H and O–H groups in total. The molecule has 5 heteroatoms. The molecule has 1 aromatic heterocycles. The Morgan fingerprint density at radius 3 is 2.41 bits per heavy atom. The Hall–Kier alpha value is -2.14. The summed E-state index contributed by atoms with van der Waals surface area (Å²) in [6, 6.07) is 12.2. The van der Waals surface area contributed by atoms with Crippen LogP contribution in [0, 0.1) is 0 Å². The van der Waals surface area contributed by atoms with Crippen LogP contribution in [0.3, 0.4) is 0 Å². The molecule has 4 nitrogen and oxygen atoms in total. The lowest BCUT2D eigenvalue weighted by Crippen LogP contribution is -2.35. The summed E-state index contributed by atoms with van der Waals surface area (Å²) < 4.78 is 0. The lowest BCUT2D eigenvalue weighted by Gasteiger charge is -2.22. The van der Waals surface area contributed by atoms with E-state index in [4.69, 9.17) is 0 Å².